The van der Waals surface area contributed by atoms with Crippen molar-refractivity contribution >= 4 is 34.1 Å². The van der Waals surface area contributed by atoms with Crippen LogP contribution in [0, 0.1) is 17.7 Å². The quantitative estimate of drug-likeness (QED) is 0.311. The number of anilines is 1. The Bertz CT molecular complexity index is 1420. The number of pyridine rings is 3. The minimum atomic E-state index is -0.301. The molecule has 1 fully saturated rings. The van der Waals surface area contributed by atoms with Crippen LogP contribution in [0.1, 0.15) is 26.7 Å². The fourth-order valence-corrected chi connectivity index (χ4v) is 5.02. The lowest BCUT2D eigenvalue weighted by Crippen LogP contribution is -2.41. The average Bonchev–Trinajstić information content (AvgIpc) is 2.91. The van der Waals surface area contributed by atoms with E-state index >= 15 is 0 Å². The number of carbonyl (C=O) groups excluding carboxylic acids is 1. The molecule has 0 spiro atoms. The van der Waals surface area contributed by atoms with Crippen molar-refractivity contribution in [2.45, 2.75) is 26.7 Å². The van der Waals surface area contributed by atoms with Crippen molar-refractivity contribution in [3.8, 4) is 22.4 Å². The number of benzene rings is 1. The van der Waals surface area contributed by atoms with Crippen LogP contribution in [-0.2, 0) is 4.79 Å². The van der Waals surface area contributed by atoms with Crippen molar-refractivity contribution in [1.29, 1.82) is 0 Å². The van der Waals surface area contributed by atoms with Gasteiger partial charge in [0.2, 0.25) is 5.91 Å². The number of carbonyl (C=O) groups is 1. The van der Waals surface area contributed by atoms with Gasteiger partial charge >= 0.3 is 0 Å². The summed E-state index contributed by atoms with van der Waals surface area (Å²) >= 11 is 6.26. The molecule has 1 amide bonds. The van der Waals surface area contributed by atoms with Crippen LogP contribution in [0.4, 0.5) is 10.2 Å². The highest BCUT2D eigenvalue weighted by atomic mass is 35.5. The third-order valence-corrected chi connectivity index (χ3v) is 6.98. The third kappa shape index (κ3) is 5.42. The summed E-state index contributed by atoms with van der Waals surface area (Å²) < 4.78 is 13.8. The molecule has 0 unspecified atom stereocenters. The number of aromatic nitrogens is 3. The molecule has 190 valence electrons. The fourth-order valence-electron chi connectivity index (χ4n) is 4.85. The standard InChI is InChI=1S/C29H29ClFN5O/c1-18(2)16-34-29(37)20-9-13-36(14-10-20)28-23-8-11-32-17-24(23)26(19-3-5-22(31)6-4-19)27(35-28)21-7-12-33-25(30)15-21/h3-8,11-12,15,17-18,20H,9-10,13-14,16H2,1-2H3,(H,34,37). The predicted molar refractivity (Wildman–Crippen MR) is 146 cm³/mol. The van der Waals surface area contributed by atoms with Crippen molar-refractivity contribution in [2.24, 2.45) is 11.8 Å². The maximum atomic E-state index is 13.8. The minimum Gasteiger partial charge on any atom is -0.356 e. The van der Waals surface area contributed by atoms with Crippen LogP contribution in [-0.4, -0.2) is 40.5 Å². The van der Waals surface area contributed by atoms with Gasteiger partial charge < -0.3 is 10.2 Å². The molecule has 1 saturated heterocycles. The largest absolute Gasteiger partial charge is 0.356 e. The SMILES string of the molecule is CC(C)CNC(=O)C1CCN(c2nc(-c3ccnc(Cl)c3)c(-c3ccc(F)cc3)c3cnccc23)CC1. The molecule has 6 nitrogen and oxygen atoms in total. The lowest BCUT2D eigenvalue weighted by molar-refractivity contribution is -0.125. The van der Waals surface area contributed by atoms with Crippen LogP contribution in [0.5, 0.6) is 0 Å². The first-order chi connectivity index (χ1) is 17.9. The van der Waals surface area contributed by atoms with Gasteiger partial charge in [-0.3, -0.25) is 9.78 Å². The highest BCUT2D eigenvalue weighted by Gasteiger charge is 2.28. The van der Waals surface area contributed by atoms with Crippen molar-refractivity contribution in [3.05, 3.63) is 72.0 Å². The zero-order valence-electron chi connectivity index (χ0n) is 20.9. The molecule has 37 heavy (non-hydrogen) atoms. The van der Waals surface area contributed by atoms with Gasteiger partial charge in [0.05, 0.1) is 5.69 Å². The Kier molecular flexibility index (Phi) is 7.33. The van der Waals surface area contributed by atoms with Crippen LogP contribution in [0.15, 0.2) is 61.1 Å². The van der Waals surface area contributed by atoms with Crippen LogP contribution in [0.2, 0.25) is 5.15 Å². The third-order valence-electron chi connectivity index (χ3n) is 6.77. The summed E-state index contributed by atoms with van der Waals surface area (Å²) in [7, 11) is 0. The minimum absolute atomic E-state index is 0.0000981. The number of piperidine rings is 1. The van der Waals surface area contributed by atoms with Crippen molar-refractivity contribution in [1.82, 2.24) is 20.3 Å². The smallest absolute Gasteiger partial charge is 0.223 e. The van der Waals surface area contributed by atoms with E-state index in [1.165, 1.54) is 12.1 Å². The second kappa shape index (κ2) is 10.8. The number of halogens is 2. The molecule has 1 N–H and O–H groups in total. The van der Waals surface area contributed by atoms with Gasteiger partial charge in [0.25, 0.3) is 0 Å². The van der Waals surface area contributed by atoms with Gasteiger partial charge in [-0.25, -0.2) is 14.4 Å². The van der Waals surface area contributed by atoms with Crippen molar-refractivity contribution < 1.29 is 9.18 Å². The van der Waals surface area contributed by atoms with Gasteiger partial charge in [-0.1, -0.05) is 37.6 Å². The Morgan fingerprint density at radius 1 is 1.08 bits per heavy atom. The molecular formula is C29H29ClFN5O. The zero-order chi connectivity index (χ0) is 25.9. The maximum Gasteiger partial charge on any atom is 0.223 e. The van der Waals surface area contributed by atoms with Gasteiger partial charge in [0, 0.05) is 66.0 Å². The molecule has 1 aromatic carbocycles. The molecule has 1 aliphatic rings. The molecule has 5 rings (SSSR count). The van der Waals surface area contributed by atoms with Crippen LogP contribution in [0.25, 0.3) is 33.2 Å². The Balaban J connectivity index is 1.58. The van der Waals surface area contributed by atoms with E-state index in [1.807, 2.05) is 18.3 Å². The van der Waals surface area contributed by atoms with E-state index in [1.54, 1.807) is 30.6 Å². The van der Waals surface area contributed by atoms with E-state index in [-0.39, 0.29) is 17.6 Å². The van der Waals surface area contributed by atoms with E-state index in [0.717, 1.165) is 64.9 Å². The molecule has 3 aromatic heterocycles. The molecule has 4 aromatic rings. The lowest BCUT2D eigenvalue weighted by atomic mass is 9.93. The van der Waals surface area contributed by atoms with Crippen LogP contribution in [0.3, 0.4) is 0 Å². The van der Waals surface area contributed by atoms with Crippen molar-refractivity contribution in [2.75, 3.05) is 24.5 Å². The highest BCUT2D eigenvalue weighted by Crippen LogP contribution is 2.41. The summed E-state index contributed by atoms with van der Waals surface area (Å²) in [6, 6.07) is 12.0. The summed E-state index contributed by atoms with van der Waals surface area (Å²) in [4.78, 5) is 28.6. The molecule has 0 bridgehead atoms. The monoisotopic (exact) mass is 517 g/mol. The maximum absolute atomic E-state index is 13.8. The molecule has 0 aliphatic carbocycles. The first-order valence-electron chi connectivity index (χ1n) is 12.6. The number of hydrogen-bond donors (Lipinski definition) is 1. The normalized spacial score (nSPS) is 14.4. The Morgan fingerprint density at radius 2 is 1.84 bits per heavy atom. The van der Waals surface area contributed by atoms with Gasteiger partial charge in [-0.15, -0.1) is 0 Å². The molecule has 0 saturated carbocycles. The van der Waals surface area contributed by atoms with E-state index in [0.29, 0.717) is 17.6 Å². The molecule has 1 aliphatic heterocycles. The summed E-state index contributed by atoms with van der Waals surface area (Å²) in [6.45, 7) is 6.32. The number of hydrogen-bond acceptors (Lipinski definition) is 5. The summed E-state index contributed by atoms with van der Waals surface area (Å²) in [6.07, 6.45) is 6.76. The molecular weight excluding hydrogens is 489 g/mol. The van der Waals surface area contributed by atoms with Gasteiger partial charge in [0.15, 0.2) is 0 Å². The molecule has 4 heterocycles. The van der Waals surface area contributed by atoms with Gasteiger partial charge in [-0.05, 0) is 54.7 Å². The number of nitrogens with one attached hydrogen (secondary N) is 1. The lowest BCUT2D eigenvalue weighted by Gasteiger charge is -2.33. The van der Waals surface area contributed by atoms with Crippen LogP contribution >= 0.6 is 11.6 Å². The summed E-state index contributed by atoms with van der Waals surface area (Å²) in [5.41, 5.74) is 3.23. The number of rotatable bonds is 6. The number of amides is 1. The summed E-state index contributed by atoms with van der Waals surface area (Å²) in [5.74, 6) is 1.10. The Labute approximate surface area is 220 Å². The predicted octanol–water partition coefficient (Wildman–Crippen LogP) is 6.14. The average molecular weight is 518 g/mol. The van der Waals surface area contributed by atoms with Crippen molar-refractivity contribution in [3.63, 3.8) is 0 Å². The Morgan fingerprint density at radius 3 is 2.54 bits per heavy atom. The van der Waals surface area contributed by atoms with E-state index in [9.17, 15) is 9.18 Å². The van der Waals surface area contributed by atoms with E-state index in [4.69, 9.17) is 16.6 Å². The van der Waals surface area contributed by atoms with E-state index in [2.05, 4.69) is 34.0 Å². The molecule has 0 atom stereocenters. The van der Waals surface area contributed by atoms with E-state index < -0.39 is 0 Å². The van der Waals surface area contributed by atoms with Crippen LogP contribution < -0.4 is 10.2 Å². The number of fused-ring (bicyclic) bond motifs is 1. The highest BCUT2D eigenvalue weighted by molar-refractivity contribution is 6.29. The second-order valence-corrected chi connectivity index (χ2v) is 10.2. The first kappa shape index (κ1) is 25.1. The topological polar surface area (TPSA) is 71.0 Å². The first-order valence-corrected chi connectivity index (χ1v) is 13.0. The molecule has 8 heteroatoms. The fraction of sp³-hybridized carbons (Fsp3) is 0.310. The summed E-state index contributed by atoms with van der Waals surface area (Å²) in [5, 5.41) is 5.32. The van der Waals surface area contributed by atoms with Gasteiger partial charge in [0.1, 0.15) is 16.8 Å². The number of nitrogens with zero attached hydrogens (tertiary/aromatic N) is 4. The Hall–Kier alpha value is -3.58. The molecule has 0 radical (unpaired) electrons. The zero-order valence-corrected chi connectivity index (χ0v) is 21.7. The second-order valence-electron chi connectivity index (χ2n) is 9.85. The van der Waals surface area contributed by atoms with Gasteiger partial charge in [-0.2, -0.15) is 0 Å².